The second-order valence-electron chi connectivity index (χ2n) is 4.39. The molecule has 1 fully saturated rings. The number of carbonyl (C=O) groups is 2. The summed E-state index contributed by atoms with van der Waals surface area (Å²) in [6.45, 7) is 0.0150. The zero-order valence-electron chi connectivity index (χ0n) is 9.94. The van der Waals surface area contributed by atoms with Crippen molar-refractivity contribution < 1.29 is 14.3 Å². The SMILES string of the molecule is COC(=O)CN(C)C(=O)C1CCCC(N)C1. The number of hydrogen-bond acceptors (Lipinski definition) is 4. The first-order valence-electron chi connectivity index (χ1n) is 5.62. The lowest BCUT2D eigenvalue weighted by atomic mass is 9.85. The third-order valence-electron chi connectivity index (χ3n) is 3.03. The fraction of sp³-hybridized carbons (Fsp3) is 0.818. The van der Waals surface area contributed by atoms with Gasteiger partial charge in [0, 0.05) is 19.0 Å². The van der Waals surface area contributed by atoms with Crippen LogP contribution in [0, 0.1) is 5.92 Å². The minimum atomic E-state index is -0.393. The van der Waals surface area contributed by atoms with Crippen molar-refractivity contribution >= 4 is 11.9 Å². The molecule has 0 saturated heterocycles. The van der Waals surface area contributed by atoms with E-state index in [2.05, 4.69) is 4.74 Å². The van der Waals surface area contributed by atoms with Crippen LogP contribution in [0.5, 0.6) is 0 Å². The van der Waals surface area contributed by atoms with Crippen LogP contribution in [-0.2, 0) is 14.3 Å². The molecule has 2 unspecified atom stereocenters. The highest BCUT2D eigenvalue weighted by molar-refractivity contribution is 5.83. The lowest BCUT2D eigenvalue weighted by Crippen LogP contribution is -2.41. The van der Waals surface area contributed by atoms with Gasteiger partial charge in [-0.1, -0.05) is 6.42 Å². The Bertz CT molecular complexity index is 268. The molecule has 16 heavy (non-hydrogen) atoms. The predicted molar refractivity (Wildman–Crippen MR) is 59.6 cm³/mol. The molecule has 0 heterocycles. The van der Waals surface area contributed by atoms with E-state index in [4.69, 9.17) is 5.73 Å². The van der Waals surface area contributed by atoms with Gasteiger partial charge in [-0.15, -0.1) is 0 Å². The average molecular weight is 228 g/mol. The Balaban J connectivity index is 2.46. The minimum absolute atomic E-state index is 0.000509. The third kappa shape index (κ3) is 3.48. The maximum atomic E-state index is 12.0. The molecule has 92 valence electrons. The smallest absolute Gasteiger partial charge is 0.325 e. The van der Waals surface area contributed by atoms with Gasteiger partial charge in [-0.25, -0.2) is 0 Å². The molecular formula is C11H20N2O3. The summed E-state index contributed by atoms with van der Waals surface area (Å²) in [6.07, 6.45) is 3.58. The molecule has 5 nitrogen and oxygen atoms in total. The van der Waals surface area contributed by atoms with Gasteiger partial charge in [-0.2, -0.15) is 0 Å². The van der Waals surface area contributed by atoms with Crippen LogP contribution in [0.1, 0.15) is 25.7 Å². The number of esters is 1. The van der Waals surface area contributed by atoms with E-state index in [-0.39, 0.29) is 24.4 Å². The van der Waals surface area contributed by atoms with E-state index < -0.39 is 5.97 Å². The highest BCUT2D eigenvalue weighted by Crippen LogP contribution is 2.24. The molecule has 5 heteroatoms. The van der Waals surface area contributed by atoms with Crippen LogP contribution in [0.3, 0.4) is 0 Å². The summed E-state index contributed by atoms with van der Waals surface area (Å²) in [7, 11) is 2.94. The van der Waals surface area contributed by atoms with Gasteiger partial charge in [0.15, 0.2) is 0 Å². The Morgan fingerprint density at radius 2 is 2.12 bits per heavy atom. The number of hydrogen-bond donors (Lipinski definition) is 1. The van der Waals surface area contributed by atoms with Gasteiger partial charge in [-0.05, 0) is 19.3 Å². The normalized spacial score (nSPS) is 24.9. The van der Waals surface area contributed by atoms with E-state index in [0.29, 0.717) is 0 Å². The first-order valence-corrected chi connectivity index (χ1v) is 5.62. The van der Waals surface area contributed by atoms with E-state index in [0.717, 1.165) is 25.7 Å². The van der Waals surface area contributed by atoms with Crippen molar-refractivity contribution in [1.82, 2.24) is 4.90 Å². The molecule has 0 bridgehead atoms. The van der Waals surface area contributed by atoms with Gasteiger partial charge in [-0.3, -0.25) is 9.59 Å². The maximum Gasteiger partial charge on any atom is 0.325 e. The Hall–Kier alpha value is -1.10. The second-order valence-corrected chi connectivity index (χ2v) is 4.39. The van der Waals surface area contributed by atoms with Crippen LogP contribution in [0.2, 0.25) is 0 Å². The molecule has 1 rings (SSSR count). The van der Waals surface area contributed by atoms with Crippen molar-refractivity contribution in [2.45, 2.75) is 31.7 Å². The van der Waals surface area contributed by atoms with Gasteiger partial charge in [0.2, 0.25) is 5.91 Å². The molecule has 0 aliphatic heterocycles. The van der Waals surface area contributed by atoms with Gasteiger partial charge in [0.1, 0.15) is 6.54 Å². The minimum Gasteiger partial charge on any atom is -0.468 e. The number of nitrogens with two attached hydrogens (primary N) is 1. The van der Waals surface area contributed by atoms with E-state index in [9.17, 15) is 9.59 Å². The molecule has 1 saturated carbocycles. The highest BCUT2D eigenvalue weighted by Gasteiger charge is 2.28. The van der Waals surface area contributed by atoms with Crippen LogP contribution < -0.4 is 5.73 Å². The molecule has 0 spiro atoms. The Kier molecular flexibility index (Phi) is 4.73. The number of ether oxygens (including phenoxy) is 1. The Morgan fingerprint density at radius 3 is 2.69 bits per heavy atom. The highest BCUT2D eigenvalue weighted by atomic mass is 16.5. The Morgan fingerprint density at radius 1 is 1.44 bits per heavy atom. The first-order chi connectivity index (χ1) is 7.54. The standard InChI is InChI=1S/C11H20N2O3/c1-13(7-10(14)16-2)11(15)8-4-3-5-9(12)6-8/h8-9H,3-7,12H2,1-2H3. The predicted octanol–water partition coefficient (Wildman–Crippen LogP) is 0.135. The van der Waals surface area contributed by atoms with Gasteiger partial charge < -0.3 is 15.4 Å². The van der Waals surface area contributed by atoms with Crippen LogP contribution in [-0.4, -0.2) is 43.5 Å². The van der Waals surface area contributed by atoms with Crippen molar-refractivity contribution in [3.63, 3.8) is 0 Å². The molecule has 0 aromatic carbocycles. The Labute approximate surface area is 95.9 Å². The number of nitrogens with zero attached hydrogens (tertiary/aromatic N) is 1. The van der Waals surface area contributed by atoms with Crippen LogP contribution in [0.4, 0.5) is 0 Å². The maximum absolute atomic E-state index is 12.0. The summed E-state index contributed by atoms with van der Waals surface area (Å²) in [4.78, 5) is 24.4. The lowest BCUT2D eigenvalue weighted by molar-refractivity contribution is -0.147. The summed E-state index contributed by atoms with van der Waals surface area (Å²) < 4.78 is 4.52. The molecule has 1 aliphatic carbocycles. The molecule has 2 atom stereocenters. The molecule has 0 aromatic rings. The quantitative estimate of drug-likeness (QED) is 0.697. The summed E-state index contributed by atoms with van der Waals surface area (Å²) in [5.41, 5.74) is 5.83. The number of methoxy groups -OCH3 is 1. The topological polar surface area (TPSA) is 72.6 Å². The van der Waals surface area contributed by atoms with Crippen molar-refractivity contribution in [1.29, 1.82) is 0 Å². The average Bonchev–Trinajstić information content (AvgIpc) is 2.27. The fourth-order valence-corrected chi connectivity index (χ4v) is 2.10. The van der Waals surface area contributed by atoms with Crippen LogP contribution in [0.15, 0.2) is 0 Å². The first kappa shape index (κ1) is 13.0. The lowest BCUT2D eigenvalue weighted by Gasteiger charge is -2.28. The van der Waals surface area contributed by atoms with Gasteiger partial charge in [0.05, 0.1) is 7.11 Å². The van der Waals surface area contributed by atoms with Crippen LogP contribution >= 0.6 is 0 Å². The summed E-state index contributed by atoms with van der Waals surface area (Å²) in [6, 6.07) is 0.120. The van der Waals surface area contributed by atoms with Gasteiger partial charge in [0.25, 0.3) is 0 Å². The number of rotatable bonds is 3. The van der Waals surface area contributed by atoms with E-state index >= 15 is 0 Å². The monoisotopic (exact) mass is 228 g/mol. The molecule has 2 N–H and O–H groups in total. The number of likely N-dealkylation sites (N-methyl/N-ethyl adjacent to an activating group) is 1. The molecule has 0 aromatic heterocycles. The zero-order valence-corrected chi connectivity index (χ0v) is 9.94. The number of amides is 1. The number of carbonyl (C=O) groups excluding carboxylic acids is 2. The van der Waals surface area contributed by atoms with E-state index in [1.807, 2.05) is 0 Å². The van der Waals surface area contributed by atoms with Crippen molar-refractivity contribution in [3.05, 3.63) is 0 Å². The van der Waals surface area contributed by atoms with E-state index in [1.165, 1.54) is 12.0 Å². The van der Waals surface area contributed by atoms with Crippen molar-refractivity contribution in [2.75, 3.05) is 20.7 Å². The largest absolute Gasteiger partial charge is 0.468 e. The summed E-state index contributed by atoms with van der Waals surface area (Å²) in [5, 5.41) is 0. The molecule has 0 radical (unpaired) electrons. The van der Waals surface area contributed by atoms with E-state index in [1.54, 1.807) is 7.05 Å². The molecule has 1 amide bonds. The van der Waals surface area contributed by atoms with Crippen molar-refractivity contribution in [2.24, 2.45) is 11.7 Å². The van der Waals surface area contributed by atoms with Crippen molar-refractivity contribution in [3.8, 4) is 0 Å². The zero-order chi connectivity index (χ0) is 12.1. The third-order valence-corrected chi connectivity index (χ3v) is 3.03. The van der Waals surface area contributed by atoms with Crippen LogP contribution in [0.25, 0.3) is 0 Å². The fourth-order valence-electron chi connectivity index (χ4n) is 2.10. The summed E-state index contributed by atoms with van der Waals surface area (Å²) in [5.74, 6) is -0.421. The summed E-state index contributed by atoms with van der Waals surface area (Å²) >= 11 is 0. The van der Waals surface area contributed by atoms with Gasteiger partial charge >= 0.3 is 5.97 Å². The second kappa shape index (κ2) is 5.84. The molecular weight excluding hydrogens is 208 g/mol. The molecule has 1 aliphatic rings.